The van der Waals surface area contributed by atoms with Gasteiger partial charge in [-0.2, -0.15) is 0 Å². The minimum atomic E-state index is -3.07. The number of rotatable bonds is 5. The van der Waals surface area contributed by atoms with Crippen LogP contribution in [-0.4, -0.2) is 20.6 Å². The first kappa shape index (κ1) is 18.2. The van der Waals surface area contributed by atoms with E-state index in [1.807, 2.05) is 32.9 Å². The number of benzene rings is 2. The summed E-state index contributed by atoms with van der Waals surface area (Å²) in [6.07, 6.45) is 1.19. The Labute approximate surface area is 143 Å². The van der Waals surface area contributed by atoms with Crippen LogP contribution in [0.4, 0.5) is 0 Å². The van der Waals surface area contributed by atoms with E-state index in [0.717, 1.165) is 16.7 Å². The molecule has 1 N–H and O–H groups in total. The van der Waals surface area contributed by atoms with Gasteiger partial charge in [-0.3, -0.25) is 4.79 Å². The third kappa shape index (κ3) is 4.93. The Balaban J connectivity index is 2.10. The number of aryl methyl sites for hydroxylation is 2. The van der Waals surface area contributed by atoms with Gasteiger partial charge in [0.05, 0.1) is 11.8 Å². The monoisotopic (exact) mass is 345 g/mol. The van der Waals surface area contributed by atoms with Crippen LogP contribution >= 0.6 is 0 Å². The zero-order chi connectivity index (χ0) is 17.9. The van der Waals surface area contributed by atoms with E-state index in [1.54, 1.807) is 24.3 Å². The summed E-state index contributed by atoms with van der Waals surface area (Å²) in [5.74, 6) is -0.192. The summed E-state index contributed by atoms with van der Waals surface area (Å²) in [6.45, 7) is 6.01. The van der Waals surface area contributed by atoms with E-state index in [9.17, 15) is 13.2 Å². The molecule has 2 rings (SSSR count). The average Bonchev–Trinajstić information content (AvgIpc) is 2.48. The molecule has 2 aromatic carbocycles. The largest absolute Gasteiger partial charge is 0.346 e. The smallest absolute Gasteiger partial charge is 0.251 e. The van der Waals surface area contributed by atoms with Crippen molar-refractivity contribution in [3.8, 4) is 0 Å². The minimum Gasteiger partial charge on any atom is -0.346 e. The zero-order valence-electron chi connectivity index (χ0n) is 14.5. The quantitative estimate of drug-likeness (QED) is 0.904. The Morgan fingerprint density at radius 3 is 2.29 bits per heavy atom. The van der Waals surface area contributed by atoms with Crippen LogP contribution in [0.15, 0.2) is 42.5 Å². The lowest BCUT2D eigenvalue weighted by atomic mass is 9.99. The molecule has 0 radical (unpaired) electrons. The summed E-state index contributed by atoms with van der Waals surface area (Å²) in [5, 5.41) is 2.99. The van der Waals surface area contributed by atoms with Crippen LogP contribution in [0.1, 0.15) is 45.6 Å². The molecule has 0 heterocycles. The summed E-state index contributed by atoms with van der Waals surface area (Å²) >= 11 is 0. The molecule has 128 valence electrons. The molecule has 1 amide bonds. The maximum absolute atomic E-state index is 12.4. The van der Waals surface area contributed by atoms with Crippen LogP contribution in [0.3, 0.4) is 0 Å². The number of hydrogen-bond donors (Lipinski definition) is 1. The number of hydrogen-bond acceptors (Lipinski definition) is 3. The van der Waals surface area contributed by atoms with Crippen molar-refractivity contribution >= 4 is 15.7 Å². The van der Waals surface area contributed by atoms with Crippen molar-refractivity contribution in [1.82, 2.24) is 5.32 Å². The van der Waals surface area contributed by atoms with E-state index in [1.165, 1.54) is 6.26 Å². The third-order valence-corrected chi connectivity index (χ3v) is 4.75. The highest BCUT2D eigenvalue weighted by Crippen LogP contribution is 2.19. The highest BCUT2D eigenvalue weighted by molar-refractivity contribution is 7.89. The van der Waals surface area contributed by atoms with Gasteiger partial charge in [0.15, 0.2) is 9.84 Å². The number of sulfone groups is 1. The fourth-order valence-corrected chi connectivity index (χ4v) is 3.44. The van der Waals surface area contributed by atoms with E-state index < -0.39 is 9.84 Å². The second-order valence-electron chi connectivity index (χ2n) is 6.32. The van der Waals surface area contributed by atoms with Gasteiger partial charge in [0.1, 0.15) is 0 Å². The van der Waals surface area contributed by atoms with E-state index in [4.69, 9.17) is 0 Å². The fraction of sp³-hybridized carbons (Fsp3) is 0.316. The van der Waals surface area contributed by atoms with Gasteiger partial charge >= 0.3 is 0 Å². The molecule has 0 aromatic heterocycles. The lowest BCUT2D eigenvalue weighted by Gasteiger charge is -2.17. The molecule has 1 atom stereocenters. The van der Waals surface area contributed by atoms with Crippen molar-refractivity contribution in [1.29, 1.82) is 0 Å². The molecule has 0 bridgehead atoms. The Morgan fingerprint density at radius 1 is 1.08 bits per heavy atom. The molecule has 0 unspecified atom stereocenters. The number of amides is 1. The zero-order valence-corrected chi connectivity index (χ0v) is 15.3. The summed E-state index contributed by atoms with van der Waals surface area (Å²) in [5.41, 5.74) is 4.58. The molecule has 0 saturated heterocycles. The van der Waals surface area contributed by atoms with E-state index >= 15 is 0 Å². The van der Waals surface area contributed by atoms with Crippen molar-refractivity contribution < 1.29 is 13.2 Å². The van der Waals surface area contributed by atoms with Crippen LogP contribution in [0, 0.1) is 13.8 Å². The van der Waals surface area contributed by atoms with Gasteiger partial charge < -0.3 is 5.32 Å². The van der Waals surface area contributed by atoms with Crippen LogP contribution in [-0.2, 0) is 15.6 Å². The maximum atomic E-state index is 12.4. The molecule has 0 fully saturated rings. The lowest BCUT2D eigenvalue weighted by molar-refractivity contribution is 0.0940. The van der Waals surface area contributed by atoms with Crippen molar-refractivity contribution in [3.63, 3.8) is 0 Å². The van der Waals surface area contributed by atoms with Crippen molar-refractivity contribution in [2.45, 2.75) is 32.6 Å². The second kappa shape index (κ2) is 7.18. The number of carbonyl (C=O) groups excluding carboxylic acids is 1. The highest BCUT2D eigenvalue weighted by atomic mass is 32.2. The molecule has 0 aliphatic heterocycles. The predicted molar refractivity (Wildman–Crippen MR) is 96.8 cm³/mol. The van der Waals surface area contributed by atoms with E-state index in [-0.39, 0.29) is 17.7 Å². The lowest BCUT2D eigenvalue weighted by Crippen LogP contribution is -2.27. The molecular weight excluding hydrogens is 322 g/mol. The molecule has 4 nitrogen and oxygen atoms in total. The third-order valence-electron chi connectivity index (χ3n) is 3.89. The average molecular weight is 345 g/mol. The Bertz CT molecular complexity index is 839. The van der Waals surface area contributed by atoms with Crippen LogP contribution in [0.25, 0.3) is 0 Å². The summed E-state index contributed by atoms with van der Waals surface area (Å²) in [7, 11) is -3.07. The molecule has 2 aromatic rings. The van der Waals surface area contributed by atoms with Crippen molar-refractivity contribution in [3.05, 3.63) is 70.3 Å². The standard InChI is InChI=1S/C19H23NO3S/c1-13-5-6-14(2)18(11-13)15(3)20-19(21)17-9-7-16(8-10-17)12-24(4,22)23/h5-11,15H,12H2,1-4H3,(H,20,21)/t15-/m1/s1. The van der Waals surface area contributed by atoms with Crippen LogP contribution in [0.2, 0.25) is 0 Å². The van der Waals surface area contributed by atoms with E-state index in [0.29, 0.717) is 11.1 Å². The first-order valence-electron chi connectivity index (χ1n) is 7.80. The molecule has 0 saturated carbocycles. The van der Waals surface area contributed by atoms with Gasteiger partial charge in [-0.25, -0.2) is 8.42 Å². The van der Waals surface area contributed by atoms with Crippen molar-refractivity contribution in [2.24, 2.45) is 0 Å². The Hall–Kier alpha value is -2.14. The normalized spacial score (nSPS) is 12.7. The predicted octanol–water partition coefficient (Wildman–Crippen LogP) is 3.34. The molecule has 0 spiro atoms. The molecule has 5 heteroatoms. The molecule has 0 aliphatic rings. The van der Waals surface area contributed by atoms with Crippen molar-refractivity contribution in [2.75, 3.05) is 6.26 Å². The first-order chi connectivity index (χ1) is 11.2. The first-order valence-corrected chi connectivity index (χ1v) is 9.86. The fourth-order valence-electron chi connectivity index (χ4n) is 2.64. The van der Waals surface area contributed by atoms with Gasteiger partial charge in [-0.05, 0) is 49.6 Å². The topological polar surface area (TPSA) is 63.2 Å². The summed E-state index contributed by atoms with van der Waals surface area (Å²) in [6, 6.07) is 12.7. The summed E-state index contributed by atoms with van der Waals surface area (Å²) < 4.78 is 22.6. The summed E-state index contributed by atoms with van der Waals surface area (Å²) in [4.78, 5) is 12.4. The van der Waals surface area contributed by atoms with Gasteiger partial charge in [0.25, 0.3) is 5.91 Å². The van der Waals surface area contributed by atoms with Gasteiger partial charge in [-0.1, -0.05) is 35.9 Å². The van der Waals surface area contributed by atoms with Gasteiger partial charge in [0, 0.05) is 11.8 Å². The van der Waals surface area contributed by atoms with E-state index in [2.05, 4.69) is 11.4 Å². The highest BCUT2D eigenvalue weighted by Gasteiger charge is 2.14. The maximum Gasteiger partial charge on any atom is 0.251 e. The molecule has 24 heavy (non-hydrogen) atoms. The van der Waals surface area contributed by atoms with Crippen LogP contribution < -0.4 is 5.32 Å². The second-order valence-corrected chi connectivity index (χ2v) is 8.46. The SMILES string of the molecule is Cc1ccc(C)c([C@@H](C)NC(=O)c2ccc(CS(C)(=O)=O)cc2)c1. The number of carbonyl (C=O) groups is 1. The minimum absolute atomic E-state index is 0.0201. The molecular formula is C19H23NO3S. The van der Waals surface area contributed by atoms with Gasteiger partial charge in [0.2, 0.25) is 0 Å². The van der Waals surface area contributed by atoms with Gasteiger partial charge in [-0.15, -0.1) is 0 Å². The molecule has 0 aliphatic carbocycles. The number of nitrogens with one attached hydrogen (secondary N) is 1. The van der Waals surface area contributed by atoms with Crippen LogP contribution in [0.5, 0.6) is 0 Å². The Kier molecular flexibility index (Phi) is 5.44. The Morgan fingerprint density at radius 2 is 1.71 bits per heavy atom.